The van der Waals surface area contributed by atoms with Gasteiger partial charge in [0, 0.05) is 9.95 Å². The molecular formula is C28H26ClN3O4. The van der Waals surface area contributed by atoms with Crippen LogP contribution in [0, 0.1) is 21.4 Å². The summed E-state index contributed by atoms with van der Waals surface area (Å²) in [5.74, 6) is -2.73. The molecule has 5 rings (SSSR count). The van der Waals surface area contributed by atoms with Gasteiger partial charge in [-0.15, -0.1) is 0 Å². The lowest BCUT2D eigenvalue weighted by Crippen LogP contribution is -2.64. The van der Waals surface area contributed by atoms with Crippen LogP contribution in [0.5, 0.6) is 0 Å². The largest absolute Gasteiger partial charge is 0.391 e. The highest BCUT2D eigenvalue weighted by molar-refractivity contribution is 6.30. The summed E-state index contributed by atoms with van der Waals surface area (Å²) in [6, 6.07) is 23.7. The summed E-state index contributed by atoms with van der Waals surface area (Å²) in [5.41, 5.74) is 0.509. The maximum absolute atomic E-state index is 14.3. The molecule has 0 bridgehead atoms. The number of rotatable bonds is 4. The number of hydrogen-bond acceptors (Lipinski definition) is 5. The van der Waals surface area contributed by atoms with Gasteiger partial charge < -0.3 is 5.11 Å². The van der Waals surface area contributed by atoms with E-state index < -0.39 is 41.2 Å². The second-order valence-corrected chi connectivity index (χ2v) is 9.99. The number of benzene rings is 3. The normalized spacial score (nSPS) is 29.9. The van der Waals surface area contributed by atoms with Crippen LogP contribution in [-0.4, -0.2) is 33.8 Å². The van der Waals surface area contributed by atoms with Crippen molar-refractivity contribution < 1.29 is 14.8 Å². The second-order valence-electron chi connectivity index (χ2n) is 9.56. The van der Waals surface area contributed by atoms with E-state index in [-0.39, 0.29) is 4.92 Å². The Labute approximate surface area is 214 Å². The number of carbonyl (C=O) groups excluding carboxylic acids is 1. The Bertz CT molecular complexity index is 1330. The van der Waals surface area contributed by atoms with Gasteiger partial charge in [-0.05, 0) is 48.2 Å². The molecule has 8 heteroatoms. The first-order valence-electron chi connectivity index (χ1n) is 11.9. The predicted octanol–water partition coefficient (Wildman–Crippen LogP) is 5.27. The zero-order valence-corrected chi connectivity index (χ0v) is 20.6. The molecule has 1 aliphatic heterocycles. The zero-order valence-electron chi connectivity index (χ0n) is 19.9. The highest BCUT2D eigenvalue weighted by Crippen LogP contribution is 2.58. The SMILES string of the molecule is CC1=NN(c2ccccc2)C(=O)[C@]12[C@H](c1cccc(Cl)c1)[C@@H]([N+](=O)[O-])[C@H](c1ccccc1)[C@@H](C)[C@@H]2O. The van der Waals surface area contributed by atoms with Gasteiger partial charge in [0.15, 0.2) is 0 Å². The third-order valence-corrected chi connectivity index (χ3v) is 8.00. The standard InChI is InChI=1S/C28H26ClN3O4/c1-17-23(19-10-5-3-6-11-19)25(32(35)36)24(20-12-9-13-21(29)16-20)28(26(17)33)18(2)30-31(27(28)34)22-14-7-4-8-15-22/h3-17,23-26,33H,1-2H3/t17-,23+,24-,25+,26+,28+/m1/s1. The topological polar surface area (TPSA) is 96.0 Å². The zero-order chi connectivity index (χ0) is 25.6. The van der Waals surface area contributed by atoms with Crippen LogP contribution in [0.1, 0.15) is 36.8 Å². The fourth-order valence-electron chi connectivity index (χ4n) is 6.22. The Hall–Kier alpha value is -3.55. The summed E-state index contributed by atoms with van der Waals surface area (Å²) in [6.07, 6.45) is -1.23. The molecule has 1 heterocycles. The summed E-state index contributed by atoms with van der Waals surface area (Å²) in [7, 11) is 0. The van der Waals surface area contributed by atoms with Crippen LogP contribution in [-0.2, 0) is 4.79 Å². The first-order valence-corrected chi connectivity index (χ1v) is 12.2. The quantitative estimate of drug-likeness (QED) is 0.387. The van der Waals surface area contributed by atoms with E-state index in [0.717, 1.165) is 5.56 Å². The average molecular weight is 504 g/mol. The maximum atomic E-state index is 14.3. The minimum Gasteiger partial charge on any atom is -0.391 e. The van der Waals surface area contributed by atoms with Gasteiger partial charge in [0.05, 0.1) is 29.3 Å². The van der Waals surface area contributed by atoms with Crippen LogP contribution in [0.15, 0.2) is 90.0 Å². The molecule has 2 aliphatic rings. The number of hydrazone groups is 1. The molecule has 0 aromatic heterocycles. The highest BCUT2D eigenvalue weighted by atomic mass is 35.5. The van der Waals surface area contributed by atoms with Crippen molar-refractivity contribution in [3.05, 3.63) is 111 Å². The summed E-state index contributed by atoms with van der Waals surface area (Å²) < 4.78 is 0. The van der Waals surface area contributed by atoms with Crippen LogP contribution in [0.3, 0.4) is 0 Å². The molecule has 0 radical (unpaired) electrons. The Morgan fingerprint density at radius 2 is 1.61 bits per heavy atom. The average Bonchev–Trinajstić information content (AvgIpc) is 3.14. The number of amides is 1. The first kappa shape index (κ1) is 24.2. The highest BCUT2D eigenvalue weighted by Gasteiger charge is 2.70. The lowest BCUT2D eigenvalue weighted by atomic mass is 9.51. The molecule has 3 aromatic carbocycles. The number of carbonyl (C=O) groups is 1. The fraction of sp³-hybridized carbons (Fsp3) is 0.286. The number of nitro groups is 1. The van der Waals surface area contributed by atoms with Gasteiger partial charge in [-0.3, -0.25) is 14.9 Å². The van der Waals surface area contributed by atoms with Gasteiger partial charge in [-0.25, -0.2) is 0 Å². The smallest absolute Gasteiger partial charge is 0.262 e. The third kappa shape index (κ3) is 3.53. The van der Waals surface area contributed by atoms with Gasteiger partial charge >= 0.3 is 0 Å². The number of nitrogens with zero attached hydrogens (tertiary/aromatic N) is 3. The molecule has 1 fully saturated rings. The molecule has 1 saturated carbocycles. The van der Waals surface area contributed by atoms with Crippen molar-refractivity contribution in [3.8, 4) is 0 Å². The van der Waals surface area contributed by atoms with Gasteiger partial charge in [0.2, 0.25) is 6.04 Å². The van der Waals surface area contributed by atoms with E-state index >= 15 is 0 Å². The number of anilines is 1. The van der Waals surface area contributed by atoms with Crippen molar-refractivity contribution in [1.29, 1.82) is 0 Å². The molecule has 184 valence electrons. The minimum absolute atomic E-state index is 0.306. The summed E-state index contributed by atoms with van der Waals surface area (Å²) in [6.45, 7) is 3.45. The van der Waals surface area contributed by atoms with Gasteiger partial charge in [-0.2, -0.15) is 10.1 Å². The van der Waals surface area contributed by atoms with E-state index in [1.54, 1.807) is 62.4 Å². The molecule has 3 aromatic rings. The molecule has 1 aliphatic carbocycles. The van der Waals surface area contributed by atoms with E-state index in [1.807, 2.05) is 36.4 Å². The molecule has 0 saturated heterocycles. The number of aliphatic hydroxyl groups is 1. The molecule has 1 N–H and O–H groups in total. The number of aliphatic hydroxyl groups excluding tert-OH is 1. The summed E-state index contributed by atoms with van der Waals surface area (Å²) >= 11 is 6.34. The van der Waals surface area contributed by atoms with Crippen molar-refractivity contribution in [1.82, 2.24) is 0 Å². The van der Waals surface area contributed by atoms with Crippen LogP contribution < -0.4 is 5.01 Å². The van der Waals surface area contributed by atoms with Crippen molar-refractivity contribution in [2.24, 2.45) is 16.4 Å². The van der Waals surface area contributed by atoms with Crippen molar-refractivity contribution >= 4 is 28.9 Å². The Balaban J connectivity index is 1.77. The Kier molecular flexibility index (Phi) is 6.14. The van der Waals surface area contributed by atoms with E-state index in [1.165, 1.54) is 5.01 Å². The molecule has 1 amide bonds. The molecule has 6 atom stereocenters. The van der Waals surface area contributed by atoms with Gasteiger partial charge in [0.1, 0.15) is 5.41 Å². The molecule has 7 nitrogen and oxygen atoms in total. The van der Waals surface area contributed by atoms with Crippen LogP contribution >= 0.6 is 11.6 Å². The summed E-state index contributed by atoms with van der Waals surface area (Å²) in [4.78, 5) is 26.9. The third-order valence-electron chi connectivity index (χ3n) is 7.76. The van der Waals surface area contributed by atoms with Crippen LogP contribution in [0.2, 0.25) is 5.02 Å². The van der Waals surface area contributed by atoms with Crippen LogP contribution in [0.25, 0.3) is 0 Å². The molecule has 0 unspecified atom stereocenters. The predicted molar refractivity (Wildman–Crippen MR) is 139 cm³/mol. The van der Waals surface area contributed by atoms with Gasteiger partial charge in [0.25, 0.3) is 5.91 Å². The van der Waals surface area contributed by atoms with Gasteiger partial charge in [-0.1, -0.05) is 79.2 Å². The number of para-hydroxylation sites is 1. The fourth-order valence-corrected chi connectivity index (χ4v) is 6.42. The lowest BCUT2D eigenvalue weighted by Gasteiger charge is -2.50. The van der Waals surface area contributed by atoms with Crippen LogP contribution in [0.4, 0.5) is 5.69 Å². The van der Waals surface area contributed by atoms with E-state index in [9.17, 15) is 20.0 Å². The number of hydrogen-bond donors (Lipinski definition) is 1. The maximum Gasteiger partial charge on any atom is 0.262 e. The van der Waals surface area contributed by atoms with E-state index in [2.05, 4.69) is 5.10 Å². The molecule has 36 heavy (non-hydrogen) atoms. The van der Waals surface area contributed by atoms with E-state index in [4.69, 9.17) is 11.6 Å². The number of halogens is 1. The van der Waals surface area contributed by atoms with Crippen molar-refractivity contribution in [3.63, 3.8) is 0 Å². The monoisotopic (exact) mass is 503 g/mol. The van der Waals surface area contributed by atoms with Crippen molar-refractivity contribution in [2.75, 3.05) is 5.01 Å². The molecular weight excluding hydrogens is 478 g/mol. The molecule has 1 spiro atoms. The summed E-state index contributed by atoms with van der Waals surface area (Å²) in [5, 5.41) is 31.1. The Morgan fingerprint density at radius 3 is 2.22 bits per heavy atom. The van der Waals surface area contributed by atoms with E-state index in [0.29, 0.717) is 22.0 Å². The first-order chi connectivity index (χ1) is 17.3. The lowest BCUT2D eigenvalue weighted by molar-refractivity contribution is -0.539. The minimum atomic E-state index is -1.64. The second kappa shape index (κ2) is 9.15. The van der Waals surface area contributed by atoms with Crippen molar-refractivity contribution in [2.45, 2.75) is 37.8 Å². The Morgan fingerprint density at radius 1 is 1.00 bits per heavy atom.